The van der Waals surface area contributed by atoms with Crippen LogP contribution in [0.2, 0.25) is 0 Å². The summed E-state index contributed by atoms with van der Waals surface area (Å²) in [5, 5.41) is 13.0. The molecule has 110 valence electrons. The fraction of sp³-hybridized carbons (Fsp3) is 0.333. The second-order valence-corrected chi connectivity index (χ2v) is 6.72. The molecule has 2 aromatic rings. The highest BCUT2D eigenvalue weighted by Gasteiger charge is 2.22. The molecule has 2 aromatic carbocycles. The van der Waals surface area contributed by atoms with Crippen LogP contribution in [0.5, 0.6) is 5.75 Å². The molecule has 1 fully saturated rings. The number of benzene rings is 2. The average molecular weight is 346 g/mol. The second-order valence-electron chi connectivity index (χ2n) is 5.80. The third-order valence-corrected chi connectivity index (χ3v) is 4.52. The maximum Gasteiger partial charge on any atom is 0.115 e. The van der Waals surface area contributed by atoms with Crippen molar-refractivity contribution >= 4 is 15.9 Å². The van der Waals surface area contributed by atoms with Crippen LogP contribution in [-0.2, 0) is 6.42 Å². The lowest BCUT2D eigenvalue weighted by molar-refractivity contribution is 0.475. The molecule has 2 N–H and O–H groups in total. The van der Waals surface area contributed by atoms with Gasteiger partial charge in [-0.1, -0.05) is 40.2 Å². The Bertz CT molecular complexity index is 575. The van der Waals surface area contributed by atoms with E-state index in [2.05, 4.69) is 45.5 Å². The van der Waals surface area contributed by atoms with Crippen molar-refractivity contribution in [1.82, 2.24) is 5.32 Å². The van der Waals surface area contributed by atoms with Gasteiger partial charge in [0, 0.05) is 23.0 Å². The molecule has 1 saturated carbocycles. The molecule has 0 saturated heterocycles. The molecule has 0 radical (unpaired) electrons. The molecule has 1 atom stereocenters. The van der Waals surface area contributed by atoms with Gasteiger partial charge >= 0.3 is 0 Å². The van der Waals surface area contributed by atoms with Crippen molar-refractivity contribution in [2.75, 3.05) is 6.54 Å². The second kappa shape index (κ2) is 6.63. The summed E-state index contributed by atoms with van der Waals surface area (Å²) in [6, 6.07) is 16.9. The standard InChI is InChI=1S/C18H20BrNO/c19-16-5-3-14(4-6-16)15(12-20-17-7-8-17)11-13-1-9-18(21)10-2-13/h1-6,9-10,15,17,20-21H,7-8,11-12H2. The molecule has 0 heterocycles. The van der Waals surface area contributed by atoms with Gasteiger partial charge in [-0.3, -0.25) is 0 Å². The first-order valence-corrected chi connectivity index (χ1v) is 8.27. The SMILES string of the molecule is Oc1ccc(CC(CNC2CC2)c2ccc(Br)cc2)cc1. The quantitative estimate of drug-likeness (QED) is 0.820. The molecule has 0 aliphatic heterocycles. The average Bonchev–Trinajstić information content (AvgIpc) is 3.31. The number of rotatable bonds is 6. The predicted molar refractivity (Wildman–Crippen MR) is 89.7 cm³/mol. The fourth-order valence-electron chi connectivity index (χ4n) is 2.56. The summed E-state index contributed by atoms with van der Waals surface area (Å²) in [6.07, 6.45) is 3.61. The Morgan fingerprint density at radius 3 is 2.33 bits per heavy atom. The van der Waals surface area contributed by atoms with Crippen LogP contribution in [0.4, 0.5) is 0 Å². The Hall–Kier alpha value is -1.32. The summed E-state index contributed by atoms with van der Waals surface area (Å²) in [4.78, 5) is 0. The zero-order valence-electron chi connectivity index (χ0n) is 11.9. The van der Waals surface area contributed by atoms with Gasteiger partial charge in [-0.2, -0.15) is 0 Å². The van der Waals surface area contributed by atoms with E-state index in [-0.39, 0.29) is 0 Å². The van der Waals surface area contributed by atoms with Crippen molar-refractivity contribution in [3.05, 3.63) is 64.1 Å². The molecule has 21 heavy (non-hydrogen) atoms. The van der Waals surface area contributed by atoms with E-state index in [0.29, 0.717) is 11.7 Å². The third kappa shape index (κ3) is 4.32. The van der Waals surface area contributed by atoms with Crippen molar-refractivity contribution in [2.24, 2.45) is 0 Å². The highest BCUT2D eigenvalue weighted by Crippen LogP contribution is 2.25. The molecular formula is C18H20BrNO. The fourth-order valence-corrected chi connectivity index (χ4v) is 2.82. The highest BCUT2D eigenvalue weighted by atomic mass is 79.9. The summed E-state index contributed by atoms with van der Waals surface area (Å²) < 4.78 is 1.12. The van der Waals surface area contributed by atoms with Gasteiger partial charge in [0.05, 0.1) is 0 Å². The number of nitrogens with one attached hydrogen (secondary N) is 1. The maximum atomic E-state index is 9.41. The van der Waals surface area contributed by atoms with Gasteiger partial charge in [-0.15, -0.1) is 0 Å². The Morgan fingerprint density at radius 1 is 1.05 bits per heavy atom. The minimum absolute atomic E-state index is 0.329. The van der Waals surface area contributed by atoms with E-state index in [9.17, 15) is 5.11 Å². The van der Waals surface area contributed by atoms with Gasteiger partial charge in [0.2, 0.25) is 0 Å². The van der Waals surface area contributed by atoms with Crippen LogP contribution in [-0.4, -0.2) is 17.7 Å². The Labute approximate surface area is 134 Å². The summed E-state index contributed by atoms with van der Waals surface area (Å²) in [5.74, 6) is 0.790. The molecule has 3 rings (SSSR count). The van der Waals surface area contributed by atoms with E-state index in [1.807, 2.05) is 12.1 Å². The first-order valence-electron chi connectivity index (χ1n) is 7.47. The lowest BCUT2D eigenvalue weighted by Crippen LogP contribution is -2.24. The van der Waals surface area contributed by atoms with Gasteiger partial charge in [0.25, 0.3) is 0 Å². The van der Waals surface area contributed by atoms with Crippen molar-refractivity contribution < 1.29 is 5.11 Å². The zero-order chi connectivity index (χ0) is 14.7. The number of halogens is 1. The summed E-state index contributed by atoms with van der Waals surface area (Å²) in [5.41, 5.74) is 2.62. The van der Waals surface area contributed by atoms with Crippen LogP contribution in [0.1, 0.15) is 29.9 Å². The van der Waals surface area contributed by atoms with Crippen molar-refractivity contribution in [3.8, 4) is 5.75 Å². The first kappa shape index (κ1) is 14.6. The smallest absolute Gasteiger partial charge is 0.115 e. The normalized spacial score (nSPS) is 15.9. The van der Waals surface area contributed by atoms with Crippen LogP contribution < -0.4 is 5.32 Å². The molecule has 0 amide bonds. The molecule has 1 aliphatic carbocycles. The molecule has 2 nitrogen and oxygen atoms in total. The largest absolute Gasteiger partial charge is 0.508 e. The first-order chi connectivity index (χ1) is 10.2. The number of aromatic hydroxyl groups is 1. The lowest BCUT2D eigenvalue weighted by Gasteiger charge is -2.18. The minimum Gasteiger partial charge on any atom is -0.508 e. The van der Waals surface area contributed by atoms with Crippen LogP contribution in [0, 0.1) is 0 Å². The van der Waals surface area contributed by atoms with Crippen molar-refractivity contribution in [2.45, 2.75) is 31.2 Å². The molecule has 1 unspecified atom stereocenters. The molecule has 3 heteroatoms. The highest BCUT2D eigenvalue weighted by molar-refractivity contribution is 9.10. The molecular weight excluding hydrogens is 326 g/mol. The maximum absolute atomic E-state index is 9.41. The van der Waals surface area contributed by atoms with E-state index < -0.39 is 0 Å². The Balaban J connectivity index is 1.73. The monoisotopic (exact) mass is 345 g/mol. The molecule has 0 aromatic heterocycles. The van der Waals surface area contributed by atoms with Crippen LogP contribution >= 0.6 is 15.9 Å². The van der Waals surface area contributed by atoms with Crippen LogP contribution in [0.3, 0.4) is 0 Å². The van der Waals surface area contributed by atoms with Crippen LogP contribution in [0.25, 0.3) is 0 Å². The van der Waals surface area contributed by atoms with Crippen molar-refractivity contribution in [1.29, 1.82) is 0 Å². The van der Waals surface area contributed by atoms with Gasteiger partial charge in [-0.25, -0.2) is 0 Å². The van der Waals surface area contributed by atoms with E-state index in [1.54, 1.807) is 12.1 Å². The number of hydrogen-bond donors (Lipinski definition) is 2. The Kier molecular flexibility index (Phi) is 4.61. The molecule has 1 aliphatic rings. The topological polar surface area (TPSA) is 32.3 Å². The van der Waals surface area contributed by atoms with Gasteiger partial charge in [0.1, 0.15) is 5.75 Å². The van der Waals surface area contributed by atoms with Gasteiger partial charge in [-0.05, 0) is 54.7 Å². The zero-order valence-corrected chi connectivity index (χ0v) is 13.5. The molecule has 0 bridgehead atoms. The van der Waals surface area contributed by atoms with E-state index >= 15 is 0 Å². The van der Waals surface area contributed by atoms with Crippen LogP contribution in [0.15, 0.2) is 53.0 Å². The summed E-state index contributed by atoms with van der Waals surface area (Å²) in [6.45, 7) is 1.01. The lowest BCUT2D eigenvalue weighted by atomic mass is 9.92. The summed E-state index contributed by atoms with van der Waals surface area (Å²) in [7, 11) is 0. The molecule has 0 spiro atoms. The van der Waals surface area contributed by atoms with E-state index in [0.717, 1.165) is 23.5 Å². The number of phenolic OH excluding ortho intramolecular Hbond substituents is 1. The number of hydrogen-bond acceptors (Lipinski definition) is 2. The summed E-state index contributed by atoms with van der Waals surface area (Å²) >= 11 is 3.50. The third-order valence-electron chi connectivity index (χ3n) is 3.99. The van der Waals surface area contributed by atoms with E-state index in [4.69, 9.17) is 0 Å². The van der Waals surface area contributed by atoms with Gasteiger partial charge in [0.15, 0.2) is 0 Å². The van der Waals surface area contributed by atoms with E-state index in [1.165, 1.54) is 24.0 Å². The van der Waals surface area contributed by atoms with Crippen molar-refractivity contribution in [3.63, 3.8) is 0 Å². The van der Waals surface area contributed by atoms with Gasteiger partial charge < -0.3 is 10.4 Å². The Morgan fingerprint density at radius 2 is 1.71 bits per heavy atom. The number of phenols is 1. The minimum atomic E-state index is 0.329. The predicted octanol–water partition coefficient (Wildman–Crippen LogP) is 4.23.